The molecule has 1 unspecified atom stereocenters. The van der Waals surface area contributed by atoms with Crippen molar-refractivity contribution < 1.29 is 20.4 Å². The molecule has 0 amide bonds. The summed E-state index contributed by atoms with van der Waals surface area (Å²) in [5, 5.41) is 0. The van der Waals surface area contributed by atoms with Gasteiger partial charge < -0.3 is 0 Å². The second kappa shape index (κ2) is 8.35. The normalized spacial score (nSPS) is 18.2. The van der Waals surface area contributed by atoms with E-state index >= 15 is 0 Å². The third kappa shape index (κ3) is 4.16. The molecule has 0 saturated heterocycles. The average Bonchev–Trinajstić information content (AvgIpc) is 3.18. The van der Waals surface area contributed by atoms with E-state index in [4.69, 9.17) is 0 Å². The molecule has 32 heavy (non-hydrogen) atoms. The summed E-state index contributed by atoms with van der Waals surface area (Å²) in [7, 11) is 0. The Kier molecular flexibility index (Phi) is 6.30. The van der Waals surface area contributed by atoms with Gasteiger partial charge in [0, 0.05) is 0 Å². The number of fused-ring (bicyclic) bond motifs is 3. The molecule has 0 nitrogen and oxygen atoms in total. The van der Waals surface area contributed by atoms with Gasteiger partial charge in [-0.25, -0.2) is 0 Å². The zero-order valence-electron chi connectivity index (χ0n) is 21.8. The van der Waals surface area contributed by atoms with Gasteiger partial charge in [0.25, 0.3) is 0 Å². The van der Waals surface area contributed by atoms with Crippen molar-refractivity contribution in [1.29, 1.82) is 0 Å². The van der Waals surface area contributed by atoms with E-state index in [-0.39, 0.29) is 16.3 Å². The van der Waals surface area contributed by atoms with E-state index in [0.29, 0.717) is 9.54 Å². The van der Waals surface area contributed by atoms with Crippen LogP contribution >= 0.6 is 0 Å². The van der Waals surface area contributed by atoms with Gasteiger partial charge in [-0.05, 0) is 0 Å². The van der Waals surface area contributed by atoms with Crippen LogP contribution in [0.3, 0.4) is 0 Å². The number of rotatable bonds is 2. The second-order valence-corrected chi connectivity index (χ2v) is 29.5. The van der Waals surface area contributed by atoms with Crippen LogP contribution in [-0.2, 0) is 31.2 Å². The summed E-state index contributed by atoms with van der Waals surface area (Å²) in [6.45, 7) is 24.2. The van der Waals surface area contributed by atoms with Crippen LogP contribution in [0.15, 0.2) is 57.4 Å². The molecule has 168 valence electrons. The van der Waals surface area contributed by atoms with E-state index in [1.807, 2.05) is 3.28 Å². The predicted molar refractivity (Wildman–Crippen MR) is 140 cm³/mol. The summed E-state index contributed by atoms with van der Waals surface area (Å²) in [6.07, 6.45) is 4.88. The zero-order valence-corrected chi connectivity index (χ0v) is 25.2. The molecular formula is C30H40SiZr. The number of benzene rings is 2. The van der Waals surface area contributed by atoms with Gasteiger partial charge >= 0.3 is 205 Å². The molecule has 1 atom stereocenters. The minimum absolute atomic E-state index is 0.179. The fourth-order valence-electron chi connectivity index (χ4n) is 5.51. The molecule has 2 aromatic rings. The van der Waals surface area contributed by atoms with Crippen molar-refractivity contribution >= 4 is 5.43 Å². The fourth-order valence-corrected chi connectivity index (χ4v) is 25.4. The van der Waals surface area contributed by atoms with Crippen LogP contribution in [-0.4, -0.2) is 5.43 Å². The van der Waals surface area contributed by atoms with Gasteiger partial charge in [0.15, 0.2) is 0 Å². The summed E-state index contributed by atoms with van der Waals surface area (Å²) in [5.41, 5.74) is 10.9. The van der Waals surface area contributed by atoms with Crippen LogP contribution in [0.25, 0.3) is 11.1 Å². The number of hydrogen-bond acceptors (Lipinski definition) is 0. The first-order chi connectivity index (χ1) is 14.8. The van der Waals surface area contributed by atoms with Gasteiger partial charge in [0.2, 0.25) is 0 Å². The SMILES string of the molecule is CC1=[C]([Zr]([CH]2c3cc(C(C)(C)C)ccc3-c3ccc(C(C)(C)C)cc32)=[Si](C)C)C(C)C=C1. The Balaban J connectivity index is 2.03. The van der Waals surface area contributed by atoms with Crippen LogP contribution in [0.4, 0.5) is 0 Å². The van der Waals surface area contributed by atoms with Gasteiger partial charge in [0.1, 0.15) is 0 Å². The van der Waals surface area contributed by atoms with Gasteiger partial charge in [-0.2, -0.15) is 0 Å². The molecule has 0 aromatic heterocycles. The molecule has 2 aromatic carbocycles. The summed E-state index contributed by atoms with van der Waals surface area (Å²) in [5.74, 6) is 0.633. The van der Waals surface area contributed by atoms with Crippen molar-refractivity contribution in [1.82, 2.24) is 0 Å². The van der Waals surface area contributed by atoms with Crippen molar-refractivity contribution in [3.05, 3.63) is 79.7 Å². The first kappa shape index (κ1) is 24.2. The second-order valence-electron chi connectivity index (χ2n) is 12.2. The van der Waals surface area contributed by atoms with Crippen molar-refractivity contribution in [3.8, 4) is 11.1 Å². The minimum atomic E-state index is -2.00. The van der Waals surface area contributed by atoms with Gasteiger partial charge in [-0.15, -0.1) is 0 Å². The molecule has 0 heterocycles. The Morgan fingerprint density at radius 2 is 1.25 bits per heavy atom. The van der Waals surface area contributed by atoms with Crippen molar-refractivity contribution in [2.45, 2.75) is 82.9 Å². The summed E-state index contributed by atoms with van der Waals surface area (Å²) < 4.78 is 2.54. The van der Waals surface area contributed by atoms with E-state index in [0.717, 1.165) is 0 Å². The average molecular weight is 520 g/mol. The van der Waals surface area contributed by atoms with Crippen LogP contribution in [0.1, 0.15) is 81.3 Å². The fraction of sp³-hybridized carbons (Fsp3) is 0.467. The first-order valence-electron chi connectivity index (χ1n) is 12.2. The van der Waals surface area contributed by atoms with Crippen LogP contribution < -0.4 is 0 Å². The van der Waals surface area contributed by atoms with Crippen LogP contribution in [0, 0.1) is 5.92 Å². The Bertz CT molecular complexity index is 1110. The molecule has 0 aliphatic heterocycles. The van der Waals surface area contributed by atoms with E-state index in [1.54, 1.807) is 16.7 Å². The predicted octanol–water partition coefficient (Wildman–Crippen LogP) is 8.70. The third-order valence-electron chi connectivity index (χ3n) is 7.38. The van der Waals surface area contributed by atoms with Crippen molar-refractivity contribution in [2.24, 2.45) is 5.92 Å². The molecule has 0 radical (unpaired) electrons. The Labute approximate surface area is 204 Å². The number of allylic oxidation sites excluding steroid dienone is 4. The molecule has 0 saturated carbocycles. The topological polar surface area (TPSA) is 0 Å². The molecule has 2 aliphatic rings. The van der Waals surface area contributed by atoms with Crippen LogP contribution in [0.2, 0.25) is 13.1 Å². The molecule has 0 N–H and O–H groups in total. The van der Waals surface area contributed by atoms with Gasteiger partial charge in [-0.3, -0.25) is 0 Å². The van der Waals surface area contributed by atoms with E-state index in [9.17, 15) is 0 Å². The van der Waals surface area contributed by atoms with E-state index in [1.165, 1.54) is 22.3 Å². The molecule has 4 rings (SSSR count). The molecule has 0 spiro atoms. The number of hydrogen-bond donors (Lipinski definition) is 0. The zero-order chi connectivity index (χ0) is 23.6. The monoisotopic (exact) mass is 518 g/mol. The standard InChI is InChI=1S/C21H25.C7H9.C2H6Si.Zr/c1-20(2,3)16-7-9-18-14(12-16)11-15-13-17(21(4,5)6)8-10-19(15)18;1-6-3-4-7(2)5-6;1-3-2;/h7-13H,1-6H3;3-4,6H,1-2H3;1-2H3;. The quantitative estimate of drug-likeness (QED) is 0.348. The Morgan fingerprint density at radius 1 is 0.781 bits per heavy atom. The summed E-state index contributed by atoms with van der Waals surface area (Å²) >= 11 is -2.00. The third-order valence-corrected chi connectivity index (χ3v) is 26.2. The Morgan fingerprint density at radius 3 is 1.59 bits per heavy atom. The first-order valence-corrected chi connectivity index (χ1v) is 21.0. The molecule has 2 heteroatoms. The van der Waals surface area contributed by atoms with Crippen LogP contribution in [0.5, 0.6) is 0 Å². The maximum absolute atomic E-state index is 2.61. The van der Waals surface area contributed by atoms with Gasteiger partial charge in [-0.1, -0.05) is 0 Å². The van der Waals surface area contributed by atoms with E-state index in [2.05, 4.69) is 117 Å². The molecule has 0 bridgehead atoms. The summed E-state index contributed by atoms with van der Waals surface area (Å²) in [4.78, 5) is 0. The summed E-state index contributed by atoms with van der Waals surface area (Å²) in [6, 6.07) is 14.9. The Hall–Kier alpha value is -0.980. The molecule has 2 aliphatic carbocycles. The maximum atomic E-state index is 2.61. The molecule has 0 fully saturated rings. The van der Waals surface area contributed by atoms with Crippen molar-refractivity contribution in [2.75, 3.05) is 0 Å². The van der Waals surface area contributed by atoms with E-state index < -0.39 is 20.4 Å². The van der Waals surface area contributed by atoms with Gasteiger partial charge in [0.05, 0.1) is 0 Å². The molecular weight excluding hydrogens is 480 g/mol. The van der Waals surface area contributed by atoms with Crippen molar-refractivity contribution in [3.63, 3.8) is 0 Å².